The van der Waals surface area contributed by atoms with Gasteiger partial charge in [0.2, 0.25) is 0 Å². The SMILES string of the molecule is C(C=Cc1ccccc1)=Cc1ccccc1.C=CC=C. The van der Waals surface area contributed by atoms with Gasteiger partial charge in [-0.1, -0.05) is 110 Å². The second-order valence-electron chi connectivity index (χ2n) is 4.01. The molecular weight excluding hydrogens is 240 g/mol. The van der Waals surface area contributed by atoms with Crippen LogP contribution in [-0.2, 0) is 0 Å². The molecule has 0 unspecified atom stereocenters. The van der Waals surface area contributed by atoms with Gasteiger partial charge in [-0.3, -0.25) is 0 Å². The van der Waals surface area contributed by atoms with E-state index in [4.69, 9.17) is 0 Å². The lowest BCUT2D eigenvalue weighted by Gasteiger charge is -1.90. The zero-order valence-electron chi connectivity index (χ0n) is 11.7. The van der Waals surface area contributed by atoms with Crippen molar-refractivity contribution in [2.24, 2.45) is 0 Å². The number of benzene rings is 2. The van der Waals surface area contributed by atoms with Gasteiger partial charge in [-0.15, -0.1) is 0 Å². The van der Waals surface area contributed by atoms with E-state index in [2.05, 4.69) is 61.7 Å². The predicted molar refractivity (Wildman–Crippen MR) is 91.3 cm³/mol. The van der Waals surface area contributed by atoms with Crippen molar-refractivity contribution >= 4 is 12.2 Å². The van der Waals surface area contributed by atoms with E-state index in [1.54, 1.807) is 12.2 Å². The number of rotatable bonds is 4. The van der Waals surface area contributed by atoms with Crippen LogP contribution in [0.4, 0.5) is 0 Å². The lowest BCUT2D eigenvalue weighted by molar-refractivity contribution is 1.65. The van der Waals surface area contributed by atoms with Gasteiger partial charge in [0.1, 0.15) is 0 Å². The average Bonchev–Trinajstić information content (AvgIpc) is 2.54. The van der Waals surface area contributed by atoms with Crippen molar-refractivity contribution in [3.8, 4) is 0 Å². The van der Waals surface area contributed by atoms with E-state index in [0.29, 0.717) is 0 Å². The molecule has 2 aromatic rings. The maximum atomic E-state index is 3.36. The van der Waals surface area contributed by atoms with Crippen molar-refractivity contribution < 1.29 is 0 Å². The Kier molecular flexibility index (Phi) is 7.99. The third-order valence-electron chi connectivity index (χ3n) is 2.45. The normalized spacial score (nSPS) is 10.0. The van der Waals surface area contributed by atoms with E-state index in [0.717, 1.165) is 0 Å². The smallest absolute Gasteiger partial charge is 0.0257 e. The zero-order chi connectivity index (χ0) is 14.5. The molecular formula is C20H20. The molecule has 0 saturated carbocycles. The first-order chi connectivity index (χ1) is 9.86. The van der Waals surface area contributed by atoms with Crippen LogP contribution in [0, 0.1) is 0 Å². The highest BCUT2D eigenvalue weighted by atomic mass is 13.9. The zero-order valence-corrected chi connectivity index (χ0v) is 11.7. The Bertz CT molecular complexity index is 492. The summed E-state index contributed by atoms with van der Waals surface area (Å²) in [5.41, 5.74) is 2.44. The van der Waals surface area contributed by atoms with Crippen molar-refractivity contribution in [1.82, 2.24) is 0 Å². The minimum atomic E-state index is 1.22. The van der Waals surface area contributed by atoms with Crippen LogP contribution >= 0.6 is 0 Å². The summed E-state index contributed by atoms with van der Waals surface area (Å²) >= 11 is 0. The van der Waals surface area contributed by atoms with E-state index < -0.39 is 0 Å². The molecule has 0 aliphatic carbocycles. The first-order valence-electron chi connectivity index (χ1n) is 6.55. The van der Waals surface area contributed by atoms with Gasteiger partial charge < -0.3 is 0 Å². The first kappa shape index (κ1) is 15.5. The predicted octanol–water partition coefficient (Wildman–Crippen LogP) is 5.77. The fraction of sp³-hybridized carbons (Fsp3) is 0. The molecule has 0 aromatic heterocycles. The highest BCUT2D eigenvalue weighted by Crippen LogP contribution is 2.03. The largest absolute Gasteiger partial charge is 0.0991 e. The van der Waals surface area contributed by atoms with Crippen molar-refractivity contribution in [1.29, 1.82) is 0 Å². The van der Waals surface area contributed by atoms with Crippen LogP contribution in [0.2, 0.25) is 0 Å². The molecule has 0 amide bonds. The Hall–Kier alpha value is -2.60. The molecule has 2 rings (SSSR count). The number of hydrogen-bond donors (Lipinski definition) is 0. The summed E-state index contributed by atoms with van der Waals surface area (Å²) in [6, 6.07) is 20.6. The van der Waals surface area contributed by atoms with E-state index in [-0.39, 0.29) is 0 Å². The average molecular weight is 260 g/mol. The summed E-state index contributed by atoms with van der Waals surface area (Å²) in [6.07, 6.45) is 11.6. The lowest BCUT2D eigenvalue weighted by Crippen LogP contribution is -1.68. The number of allylic oxidation sites excluding steroid dienone is 4. The van der Waals surface area contributed by atoms with Crippen LogP contribution in [0.15, 0.2) is 98.1 Å². The molecule has 2 aromatic carbocycles. The Balaban J connectivity index is 0.000000444. The highest BCUT2D eigenvalue weighted by molar-refractivity contribution is 5.56. The maximum Gasteiger partial charge on any atom is -0.0257 e. The third kappa shape index (κ3) is 6.97. The number of hydrogen-bond acceptors (Lipinski definition) is 0. The van der Waals surface area contributed by atoms with E-state index in [1.165, 1.54) is 11.1 Å². The van der Waals surface area contributed by atoms with Gasteiger partial charge in [0.05, 0.1) is 0 Å². The van der Waals surface area contributed by atoms with Crippen LogP contribution in [-0.4, -0.2) is 0 Å². The Labute approximate surface area is 122 Å². The summed E-state index contributed by atoms with van der Waals surface area (Å²) in [5, 5.41) is 0. The van der Waals surface area contributed by atoms with Gasteiger partial charge in [0.15, 0.2) is 0 Å². The Morgan fingerprint density at radius 3 is 1.20 bits per heavy atom. The van der Waals surface area contributed by atoms with Crippen LogP contribution in [0.1, 0.15) is 11.1 Å². The van der Waals surface area contributed by atoms with Crippen LogP contribution < -0.4 is 0 Å². The lowest BCUT2D eigenvalue weighted by atomic mass is 10.2. The van der Waals surface area contributed by atoms with Crippen LogP contribution in [0.5, 0.6) is 0 Å². The molecule has 0 aliphatic heterocycles. The second kappa shape index (κ2) is 10.3. The van der Waals surface area contributed by atoms with Gasteiger partial charge in [0, 0.05) is 0 Å². The van der Waals surface area contributed by atoms with E-state index >= 15 is 0 Å². The summed E-state index contributed by atoms with van der Waals surface area (Å²) in [5.74, 6) is 0. The van der Waals surface area contributed by atoms with Crippen molar-refractivity contribution in [2.45, 2.75) is 0 Å². The molecule has 100 valence electrons. The molecule has 0 fully saturated rings. The molecule has 0 nitrogen and oxygen atoms in total. The van der Waals surface area contributed by atoms with Crippen molar-refractivity contribution in [2.75, 3.05) is 0 Å². The van der Waals surface area contributed by atoms with E-state index in [1.807, 2.05) is 36.4 Å². The topological polar surface area (TPSA) is 0 Å². The molecule has 0 heterocycles. The van der Waals surface area contributed by atoms with Crippen LogP contribution in [0.3, 0.4) is 0 Å². The molecule has 0 atom stereocenters. The highest BCUT2D eigenvalue weighted by Gasteiger charge is 1.81. The van der Waals surface area contributed by atoms with Gasteiger partial charge in [-0.05, 0) is 11.1 Å². The Morgan fingerprint density at radius 1 is 0.550 bits per heavy atom. The third-order valence-corrected chi connectivity index (χ3v) is 2.45. The van der Waals surface area contributed by atoms with Gasteiger partial charge >= 0.3 is 0 Å². The van der Waals surface area contributed by atoms with Crippen molar-refractivity contribution in [3.63, 3.8) is 0 Å². The van der Waals surface area contributed by atoms with Crippen molar-refractivity contribution in [3.05, 3.63) is 109 Å². The molecule has 0 radical (unpaired) electrons. The quantitative estimate of drug-likeness (QED) is 0.612. The summed E-state index contributed by atoms with van der Waals surface area (Å²) in [6.45, 7) is 6.72. The molecule has 0 N–H and O–H groups in total. The molecule has 0 saturated heterocycles. The fourth-order valence-corrected chi connectivity index (χ4v) is 1.46. The molecule has 20 heavy (non-hydrogen) atoms. The molecule has 0 heteroatoms. The van der Waals surface area contributed by atoms with Gasteiger partial charge in [-0.2, -0.15) is 0 Å². The standard InChI is InChI=1S/C16H14.C4H6/c1-3-9-15(10-4-1)13-7-8-14-16-11-5-2-6-12-16;1-3-4-2/h1-14H;3-4H,1-2H2. The maximum absolute atomic E-state index is 3.36. The Morgan fingerprint density at radius 2 is 0.900 bits per heavy atom. The molecule has 0 spiro atoms. The fourth-order valence-electron chi connectivity index (χ4n) is 1.46. The van der Waals surface area contributed by atoms with Gasteiger partial charge in [0.25, 0.3) is 0 Å². The van der Waals surface area contributed by atoms with Crippen LogP contribution in [0.25, 0.3) is 12.2 Å². The minimum Gasteiger partial charge on any atom is -0.0991 e. The monoisotopic (exact) mass is 260 g/mol. The first-order valence-corrected chi connectivity index (χ1v) is 6.55. The summed E-state index contributed by atoms with van der Waals surface area (Å²) in [4.78, 5) is 0. The summed E-state index contributed by atoms with van der Waals surface area (Å²) in [7, 11) is 0. The molecule has 0 bridgehead atoms. The van der Waals surface area contributed by atoms with E-state index in [9.17, 15) is 0 Å². The summed E-state index contributed by atoms with van der Waals surface area (Å²) < 4.78 is 0. The second-order valence-corrected chi connectivity index (χ2v) is 4.01. The minimum absolute atomic E-state index is 1.22. The van der Waals surface area contributed by atoms with Gasteiger partial charge in [-0.25, -0.2) is 0 Å². The molecule has 0 aliphatic rings.